The van der Waals surface area contributed by atoms with Crippen molar-refractivity contribution in [2.45, 2.75) is 40.8 Å². The lowest BCUT2D eigenvalue weighted by atomic mass is 10.1. The Morgan fingerprint density at radius 1 is 1.38 bits per heavy atom. The molecular formula is C16H23N3OS. The lowest BCUT2D eigenvalue weighted by Gasteiger charge is -2.14. The van der Waals surface area contributed by atoms with Gasteiger partial charge in [0.25, 0.3) is 0 Å². The molecule has 0 bridgehead atoms. The zero-order chi connectivity index (χ0) is 15.6. The molecule has 0 N–H and O–H groups in total. The third-order valence-electron chi connectivity index (χ3n) is 3.70. The molecule has 5 heteroatoms. The van der Waals surface area contributed by atoms with Crippen LogP contribution in [0.25, 0.3) is 0 Å². The number of hydrogen-bond donors (Lipinski definition) is 0. The third kappa shape index (κ3) is 3.60. The normalized spacial score (nSPS) is 11.3. The first kappa shape index (κ1) is 15.9. The Bertz CT molecular complexity index is 642. The summed E-state index contributed by atoms with van der Waals surface area (Å²) in [6, 6.07) is 2.00. The summed E-state index contributed by atoms with van der Waals surface area (Å²) in [6.45, 7) is 10.2. The number of likely N-dealkylation sites (N-methyl/N-ethyl adjacent to an activating group) is 1. The van der Waals surface area contributed by atoms with Gasteiger partial charge in [-0.2, -0.15) is 0 Å². The lowest BCUT2D eigenvalue weighted by molar-refractivity contribution is 0.0942. The van der Waals surface area contributed by atoms with Crippen molar-refractivity contribution >= 4 is 17.1 Å². The summed E-state index contributed by atoms with van der Waals surface area (Å²) in [5.41, 5.74) is 4.09. The molecule has 0 unspecified atom stereocenters. The molecule has 2 heterocycles. The molecule has 0 aromatic carbocycles. The van der Waals surface area contributed by atoms with Gasteiger partial charge in [-0.25, -0.2) is 4.98 Å². The Balaban J connectivity index is 2.04. The molecule has 0 saturated heterocycles. The molecule has 2 aromatic rings. The lowest BCUT2D eigenvalue weighted by Crippen LogP contribution is -2.26. The molecule has 114 valence electrons. The number of carbonyl (C=O) groups is 1. The molecule has 4 nitrogen and oxygen atoms in total. The number of carbonyl (C=O) groups excluding carboxylic acids is 1. The quantitative estimate of drug-likeness (QED) is 0.769. The average molecular weight is 305 g/mol. The maximum absolute atomic E-state index is 12.5. The second kappa shape index (κ2) is 6.54. The van der Waals surface area contributed by atoms with Crippen molar-refractivity contribution in [2.75, 3.05) is 13.6 Å². The number of hydrogen-bond acceptors (Lipinski definition) is 4. The van der Waals surface area contributed by atoms with E-state index < -0.39 is 0 Å². The van der Waals surface area contributed by atoms with E-state index in [0.717, 1.165) is 34.2 Å². The third-order valence-corrected chi connectivity index (χ3v) is 4.52. The molecule has 0 fully saturated rings. The van der Waals surface area contributed by atoms with Gasteiger partial charge in [0.05, 0.1) is 17.2 Å². The summed E-state index contributed by atoms with van der Waals surface area (Å²) in [5, 5.41) is 3.12. The van der Waals surface area contributed by atoms with Crippen LogP contribution >= 0.6 is 11.3 Å². The molecule has 21 heavy (non-hydrogen) atoms. The Labute approximate surface area is 130 Å². The van der Waals surface area contributed by atoms with E-state index in [-0.39, 0.29) is 5.78 Å². The Hall–Kier alpha value is -1.46. The minimum atomic E-state index is 0.178. The molecule has 0 atom stereocenters. The molecule has 2 rings (SSSR count). The summed E-state index contributed by atoms with van der Waals surface area (Å²) in [6.07, 6.45) is 0. The summed E-state index contributed by atoms with van der Waals surface area (Å²) in [5.74, 6) is 0.178. The number of rotatable bonds is 6. The predicted molar refractivity (Wildman–Crippen MR) is 87.1 cm³/mol. The molecular weight excluding hydrogens is 282 g/mol. The topological polar surface area (TPSA) is 38.1 Å². The van der Waals surface area contributed by atoms with Crippen LogP contribution in [-0.2, 0) is 13.1 Å². The van der Waals surface area contributed by atoms with Crippen molar-refractivity contribution in [3.63, 3.8) is 0 Å². The highest BCUT2D eigenvalue weighted by Crippen LogP contribution is 2.16. The Morgan fingerprint density at radius 2 is 2.10 bits per heavy atom. The maximum Gasteiger partial charge on any atom is 0.178 e. The number of aryl methyl sites for hydroxylation is 2. The standard InChI is InChI=1S/C16H23N3OS/c1-6-19-11(2)7-15(12(19)3)16(20)9-18(5)8-14-10-21-13(4)17-14/h7,10H,6,8-9H2,1-5H3. The highest BCUT2D eigenvalue weighted by Gasteiger charge is 2.17. The largest absolute Gasteiger partial charge is 0.349 e. The van der Waals surface area contributed by atoms with Gasteiger partial charge in [-0.1, -0.05) is 0 Å². The molecule has 0 saturated carbocycles. The van der Waals surface area contributed by atoms with Gasteiger partial charge in [0, 0.05) is 35.4 Å². The number of thiazole rings is 1. The Kier molecular flexibility index (Phi) is 4.96. The molecule has 0 aliphatic rings. The van der Waals surface area contributed by atoms with Gasteiger partial charge in [-0.3, -0.25) is 9.69 Å². The summed E-state index contributed by atoms with van der Waals surface area (Å²) >= 11 is 1.65. The van der Waals surface area contributed by atoms with Gasteiger partial charge in [0.15, 0.2) is 5.78 Å². The van der Waals surface area contributed by atoms with Gasteiger partial charge in [-0.05, 0) is 40.8 Å². The molecule has 0 aliphatic carbocycles. The number of Topliss-reactive ketones (excluding diaryl/α,β-unsaturated/α-hetero) is 1. The van der Waals surface area contributed by atoms with Crippen LogP contribution in [0.1, 0.15) is 39.4 Å². The molecule has 0 amide bonds. The average Bonchev–Trinajstić information content (AvgIpc) is 2.93. The molecule has 0 aliphatic heterocycles. The zero-order valence-corrected chi connectivity index (χ0v) is 14.3. The second-order valence-electron chi connectivity index (χ2n) is 5.48. The monoisotopic (exact) mass is 305 g/mol. The smallest absolute Gasteiger partial charge is 0.178 e. The van der Waals surface area contributed by atoms with Gasteiger partial charge in [-0.15, -0.1) is 11.3 Å². The van der Waals surface area contributed by atoms with Gasteiger partial charge >= 0.3 is 0 Å². The minimum Gasteiger partial charge on any atom is -0.349 e. The second-order valence-corrected chi connectivity index (χ2v) is 6.54. The van der Waals surface area contributed by atoms with E-state index in [2.05, 4.69) is 28.8 Å². The van der Waals surface area contributed by atoms with Crippen LogP contribution < -0.4 is 0 Å². The van der Waals surface area contributed by atoms with Gasteiger partial charge in [0.1, 0.15) is 0 Å². The SMILES string of the molecule is CCn1c(C)cc(C(=O)CN(C)Cc2csc(C)n2)c1C. The summed E-state index contributed by atoms with van der Waals surface area (Å²) in [7, 11) is 1.96. The highest BCUT2D eigenvalue weighted by molar-refractivity contribution is 7.09. The number of ketones is 1. The van der Waals surface area contributed by atoms with Crippen LogP contribution in [0.15, 0.2) is 11.4 Å². The van der Waals surface area contributed by atoms with Gasteiger partial charge in [0.2, 0.25) is 0 Å². The van der Waals surface area contributed by atoms with Crippen molar-refractivity contribution in [1.29, 1.82) is 0 Å². The fourth-order valence-corrected chi connectivity index (χ4v) is 3.32. The van der Waals surface area contributed by atoms with Crippen molar-refractivity contribution in [1.82, 2.24) is 14.5 Å². The first-order valence-electron chi connectivity index (χ1n) is 7.21. The summed E-state index contributed by atoms with van der Waals surface area (Å²) < 4.78 is 2.18. The Morgan fingerprint density at radius 3 is 2.62 bits per heavy atom. The van der Waals surface area contributed by atoms with Crippen LogP contribution in [0, 0.1) is 20.8 Å². The first-order chi connectivity index (χ1) is 9.92. The van der Waals surface area contributed by atoms with Crippen molar-refractivity contribution in [3.8, 4) is 0 Å². The first-order valence-corrected chi connectivity index (χ1v) is 8.09. The van der Waals surface area contributed by atoms with Crippen LogP contribution in [0.4, 0.5) is 0 Å². The van der Waals surface area contributed by atoms with Crippen LogP contribution in [0.5, 0.6) is 0 Å². The van der Waals surface area contributed by atoms with Crippen LogP contribution in [0.3, 0.4) is 0 Å². The van der Waals surface area contributed by atoms with Crippen molar-refractivity contribution in [3.05, 3.63) is 39.1 Å². The van der Waals surface area contributed by atoms with E-state index in [9.17, 15) is 4.79 Å². The molecule has 0 spiro atoms. The fraction of sp³-hybridized carbons (Fsp3) is 0.500. The van der Waals surface area contributed by atoms with Crippen LogP contribution in [0.2, 0.25) is 0 Å². The van der Waals surface area contributed by atoms with Crippen molar-refractivity contribution in [2.24, 2.45) is 0 Å². The van der Waals surface area contributed by atoms with E-state index in [1.54, 1.807) is 11.3 Å². The fourth-order valence-electron chi connectivity index (χ4n) is 2.71. The number of aromatic nitrogens is 2. The highest BCUT2D eigenvalue weighted by atomic mass is 32.1. The van der Waals surface area contributed by atoms with E-state index in [4.69, 9.17) is 0 Å². The van der Waals surface area contributed by atoms with Crippen LogP contribution in [-0.4, -0.2) is 33.8 Å². The zero-order valence-electron chi connectivity index (χ0n) is 13.4. The van der Waals surface area contributed by atoms with E-state index in [1.165, 1.54) is 0 Å². The molecule has 0 radical (unpaired) electrons. The van der Waals surface area contributed by atoms with Crippen molar-refractivity contribution < 1.29 is 4.79 Å². The maximum atomic E-state index is 12.5. The predicted octanol–water partition coefficient (Wildman–Crippen LogP) is 3.20. The van der Waals surface area contributed by atoms with E-state index >= 15 is 0 Å². The van der Waals surface area contributed by atoms with E-state index in [0.29, 0.717) is 13.1 Å². The summed E-state index contributed by atoms with van der Waals surface area (Å²) in [4.78, 5) is 18.9. The number of nitrogens with zero attached hydrogens (tertiary/aromatic N) is 3. The minimum absolute atomic E-state index is 0.178. The van der Waals surface area contributed by atoms with Gasteiger partial charge < -0.3 is 4.57 Å². The van der Waals surface area contributed by atoms with E-state index in [1.807, 2.05) is 31.9 Å². The molecule has 2 aromatic heterocycles.